The quantitative estimate of drug-likeness (QED) is 0.788. The molecule has 7 heteroatoms. The van der Waals surface area contributed by atoms with Crippen molar-refractivity contribution >= 4 is 23.2 Å². The number of amides is 2. The van der Waals surface area contributed by atoms with Gasteiger partial charge in [-0.25, -0.2) is 0 Å². The van der Waals surface area contributed by atoms with Gasteiger partial charge in [0.15, 0.2) is 0 Å². The first-order valence-corrected chi connectivity index (χ1v) is 10.9. The second-order valence-electron chi connectivity index (χ2n) is 7.95. The SMILES string of the molecule is CC(C(=O)N1CCCC1C(=O)N1CCN(C)CC1)C1OCCc2sccc21. The molecule has 6 nitrogen and oxygen atoms in total. The lowest BCUT2D eigenvalue weighted by molar-refractivity contribution is -0.150. The fraction of sp³-hybridized carbons (Fsp3) is 0.700. The molecule has 4 heterocycles. The lowest BCUT2D eigenvalue weighted by Gasteiger charge is -2.37. The van der Waals surface area contributed by atoms with Crippen LogP contribution in [0.25, 0.3) is 0 Å². The van der Waals surface area contributed by atoms with Crippen LogP contribution >= 0.6 is 11.3 Å². The Bertz CT molecular complexity index is 698. The zero-order valence-electron chi connectivity index (χ0n) is 16.2. The van der Waals surface area contributed by atoms with Gasteiger partial charge in [-0.3, -0.25) is 9.59 Å². The van der Waals surface area contributed by atoms with Gasteiger partial charge in [0.1, 0.15) is 6.04 Å². The highest BCUT2D eigenvalue weighted by Gasteiger charge is 2.41. The van der Waals surface area contributed by atoms with Crippen molar-refractivity contribution in [3.8, 4) is 0 Å². The monoisotopic (exact) mass is 391 g/mol. The lowest BCUT2D eigenvalue weighted by Crippen LogP contribution is -2.54. The number of likely N-dealkylation sites (N-methyl/N-ethyl adjacent to an activating group) is 1. The molecule has 3 aliphatic heterocycles. The minimum absolute atomic E-state index is 0.0593. The molecule has 0 aromatic carbocycles. The van der Waals surface area contributed by atoms with E-state index in [0.29, 0.717) is 13.2 Å². The molecule has 0 aliphatic carbocycles. The van der Waals surface area contributed by atoms with Crippen LogP contribution in [0.2, 0.25) is 0 Å². The summed E-state index contributed by atoms with van der Waals surface area (Å²) in [7, 11) is 2.08. The Hall–Kier alpha value is -1.44. The molecule has 3 atom stereocenters. The fourth-order valence-corrected chi connectivity index (χ4v) is 5.41. The molecule has 0 bridgehead atoms. The highest BCUT2D eigenvalue weighted by Crippen LogP contribution is 2.37. The summed E-state index contributed by atoms with van der Waals surface area (Å²) in [5, 5.41) is 2.08. The number of likely N-dealkylation sites (tertiary alicyclic amines) is 1. The van der Waals surface area contributed by atoms with Gasteiger partial charge in [0.05, 0.1) is 18.6 Å². The fourth-order valence-electron chi connectivity index (χ4n) is 4.51. The number of piperazine rings is 1. The molecule has 2 saturated heterocycles. The second kappa shape index (κ2) is 7.89. The van der Waals surface area contributed by atoms with E-state index in [4.69, 9.17) is 4.74 Å². The van der Waals surface area contributed by atoms with Crippen LogP contribution in [0.3, 0.4) is 0 Å². The van der Waals surface area contributed by atoms with Gasteiger partial charge in [-0.1, -0.05) is 6.92 Å². The van der Waals surface area contributed by atoms with Crippen LogP contribution in [-0.4, -0.2) is 78.9 Å². The highest BCUT2D eigenvalue weighted by molar-refractivity contribution is 7.10. The topological polar surface area (TPSA) is 53.1 Å². The van der Waals surface area contributed by atoms with E-state index in [2.05, 4.69) is 23.4 Å². The molecule has 3 aliphatic rings. The maximum absolute atomic E-state index is 13.3. The number of nitrogens with zero attached hydrogens (tertiary/aromatic N) is 3. The third-order valence-corrected chi connectivity index (χ3v) is 7.19. The van der Waals surface area contributed by atoms with Crippen LogP contribution in [0, 0.1) is 5.92 Å². The average Bonchev–Trinajstić information content (AvgIpc) is 3.36. The van der Waals surface area contributed by atoms with E-state index in [0.717, 1.165) is 51.0 Å². The Morgan fingerprint density at radius 2 is 2.00 bits per heavy atom. The summed E-state index contributed by atoms with van der Waals surface area (Å²) < 4.78 is 5.99. The number of hydrogen-bond donors (Lipinski definition) is 0. The molecule has 2 amide bonds. The van der Waals surface area contributed by atoms with Gasteiger partial charge in [-0.15, -0.1) is 11.3 Å². The van der Waals surface area contributed by atoms with Gasteiger partial charge < -0.3 is 19.4 Å². The Morgan fingerprint density at radius 3 is 2.78 bits per heavy atom. The summed E-state index contributed by atoms with van der Waals surface area (Å²) in [6.07, 6.45) is 2.42. The summed E-state index contributed by atoms with van der Waals surface area (Å²) in [5.74, 6) is -0.0782. The van der Waals surface area contributed by atoms with E-state index in [9.17, 15) is 9.59 Å². The molecule has 27 heavy (non-hydrogen) atoms. The lowest BCUT2D eigenvalue weighted by atomic mass is 9.93. The van der Waals surface area contributed by atoms with Crippen LogP contribution in [-0.2, 0) is 20.7 Å². The number of fused-ring (bicyclic) bond motifs is 1. The van der Waals surface area contributed by atoms with Gasteiger partial charge in [0.25, 0.3) is 0 Å². The Labute approximate surface area is 165 Å². The van der Waals surface area contributed by atoms with Crippen molar-refractivity contribution in [3.63, 3.8) is 0 Å². The zero-order chi connectivity index (χ0) is 19.0. The van der Waals surface area contributed by atoms with E-state index in [1.54, 1.807) is 11.3 Å². The van der Waals surface area contributed by atoms with Crippen molar-refractivity contribution in [2.24, 2.45) is 5.92 Å². The maximum atomic E-state index is 13.3. The summed E-state index contributed by atoms with van der Waals surface area (Å²) >= 11 is 1.75. The first kappa shape index (κ1) is 18.9. The van der Waals surface area contributed by atoms with Crippen molar-refractivity contribution in [2.75, 3.05) is 46.4 Å². The predicted octanol–water partition coefficient (Wildman–Crippen LogP) is 1.76. The summed E-state index contributed by atoms with van der Waals surface area (Å²) in [6.45, 7) is 6.62. The summed E-state index contributed by atoms with van der Waals surface area (Å²) in [5.41, 5.74) is 1.16. The summed E-state index contributed by atoms with van der Waals surface area (Å²) in [6, 6.07) is 1.79. The van der Waals surface area contributed by atoms with Crippen molar-refractivity contribution in [1.29, 1.82) is 0 Å². The van der Waals surface area contributed by atoms with Crippen molar-refractivity contribution in [3.05, 3.63) is 21.9 Å². The standard InChI is InChI=1S/C20H29N3O3S/c1-14(18-15-6-13-27-17(15)5-12-26-18)19(24)23-7-3-4-16(23)20(25)22-10-8-21(2)9-11-22/h6,13-14,16,18H,3-5,7-12H2,1-2H3. The van der Waals surface area contributed by atoms with Crippen LogP contribution in [0.5, 0.6) is 0 Å². The van der Waals surface area contributed by atoms with E-state index in [1.807, 2.05) is 16.7 Å². The van der Waals surface area contributed by atoms with Crippen LogP contribution < -0.4 is 0 Å². The number of rotatable bonds is 3. The number of hydrogen-bond acceptors (Lipinski definition) is 5. The Balaban J connectivity index is 1.46. The first-order valence-electron chi connectivity index (χ1n) is 10.0. The number of carbonyl (C=O) groups is 2. The molecular formula is C20H29N3O3S. The van der Waals surface area contributed by atoms with Gasteiger partial charge in [-0.2, -0.15) is 0 Å². The van der Waals surface area contributed by atoms with E-state index < -0.39 is 0 Å². The molecule has 2 fully saturated rings. The molecule has 0 saturated carbocycles. The van der Waals surface area contributed by atoms with Gasteiger partial charge in [0.2, 0.25) is 11.8 Å². The largest absolute Gasteiger partial charge is 0.372 e. The number of thiophene rings is 1. The third-order valence-electron chi connectivity index (χ3n) is 6.19. The van der Waals surface area contributed by atoms with Crippen molar-refractivity contribution in [2.45, 2.75) is 38.3 Å². The van der Waals surface area contributed by atoms with Gasteiger partial charge in [0, 0.05) is 44.0 Å². The smallest absolute Gasteiger partial charge is 0.245 e. The number of ether oxygens (including phenoxy) is 1. The molecule has 4 rings (SSSR count). The molecule has 0 spiro atoms. The normalized spacial score (nSPS) is 27.5. The Kier molecular flexibility index (Phi) is 5.53. The number of carbonyl (C=O) groups excluding carboxylic acids is 2. The average molecular weight is 392 g/mol. The second-order valence-corrected chi connectivity index (χ2v) is 8.95. The van der Waals surface area contributed by atoms with Crippen LogP contribution in [0.15, 0.2) is 11.4 Å². The molecular weight excluding hydrogens is 362 g/mol. The maximum Gasteiger partial charge on any atom is 0.245 e. The zero-order valence-corrected chi connectivity index (χ0v) is 17.0. The van der Waals surface area contributed by atoms with Crippen molar-refractivity contribution < 1.29 is 14.3 Å². The minimum atomic E-state index is -0.297. The molecule has 3 unspecified atom stereocenters. The minimum Gasteiger partial charge on any atom is -0.372 e. The molecule has 1 aromatic rings. The van der Waals surface area contributed by atoms with E-state index in [-0.39, 0.29) is 29.9 Å². The van der Waals surface area contributed by atoms with Crippen LogP contribution in [0.1, 0.15) is 36.3 Å². The highest BCUT2D eigenvalue weighted by atomic mass is 32.1. The third kappa shape index (κ3) is 3.65. The van der Waals surface area contributed by atoms with Crippen LogP contribution in [0.4, 0.5) is 0 Å². The Morgan fingerprint density at radius 1 is 1.22 bits per heavy atom. The van der Waals surface area contributed by atoms with E-state index >= 15 is 0 Å². The van der Waals surface area contributed by atoms with Crippen molar-refractivity contribution in [1.82, 2.24) is 14.7 Å². The molecule has 1 aromatic heterocycles. The summed E-state index contributed by atoms with van der Waals surface area (Å²) in [4.78, 5) is 33.7. The van der Waals surface area contributed by atoms with Gasteiger partial charge >= 0.3 is 0 Å². The molecule has 0 radical (unpaired) electrons. The van der Waals surface area contributed by atoms with E-state index in [1.165, 1.54) is 4.88 Å². The molecule has 148 valence electrons. The van der Waals surface area contributed by atoms with Gasteiger partial charge in [-0.05, 0) is 36.9 Å². The predicted molar refractivity (Wildman–Crippen MR) is 105 cm³/mol. The first-order chi connectivity index (χ1) is 13.1. The molecule has 0 N–H and O–H groups in total.